The molecule has 3 aliphatic heterocycles. The molecule has 3 aliphatic rings. The number of hydrogen-bond donors (Lipinski definition) is 0. The highest BCUT2D eigenvalue weighted by molar-refractivity contribution is 5.79. The Hall–Kier alpha value is -1.44. The monoisotopic (exact) mass is 348 g/mol. The number of ether oxygens (including phenoxy) is 2. The van der Waals surface area contributed by atoms with Gasteiger partial charge in [0, 0.05) is 57.2 Å². The molecule has 3 fully saturated rings. The van der Waals surface area contributed by atoms with E-state index in [0.29, 0.717) is 6.04 Å². The molecule has 1 aromatic rings. The fraction of sp³-hybridized carbons (Fsp3) is 0.778. The average molecular weight is 348 g/mol. The van der Waals surface area contributed by atoms with Gasteiger partial charge < -0.3 is 14.4 Å². The lowest BCUT2D eigenvalue weighted by molar-refractivity contribution is -0.159. The topological polar surface area (TPSA) is 59.8 Å². The van der Waals surface area contributed by atoms with E-state index in [-0.39, 0.29) is 24.7 Å². The highest BCUT2D eigenvalue weighted by Crippen LogP contribution is 2.29. The zero-order valence-electron chi connectivity index (χ0n) is 15.2. The molecular weight excluding hydrogens is 320 g/mol. The Balaban J connectivity index is 1.46. The van der Waals surface area contributed by atoms with Gasteiger partial charge in [0.15, 0.2) is 0 Å². The van der Waals surface area contributed by atoms with Gasteiger partial charge in [-0.1, -0.05) is 0 Å². The minimum absolute atomic E-state index is 0.127. The van der Waals surface area contributed by atoms with Gasteiger partial charge in [0.2, 0.25) is 5.91 Å². The van der Waals surface area contributed by atoms with Crippen molar-refractivity contribution in [1.82, 2.24) is 19.6 Å². The first-order chi connectivity index (χ1) is 12.2. The van der Waals surface area contributed by atoms with Gasteiger partial charge in [-0.15, -0.1) is 0 Å². The Morgan fingerprint density at radius 1 is 1.28 bits per heavy atom. The number of carbonyl (C=O) groups is 1. The number of likely N-dealkylation sites (tertiary alicyclic amines) is 1. The van der Waals surface area contributed by atoms with Crippen molar-refractivity contribution >= 4 is 5.91 Å². The van der Waals surface area contributed by atoms with Crippen LogP contribution >= 0.6 is 0 Å². The molecule has 0 radical (unpaired) electrons. The summed E-state index contributed by atoms with van der Waals surface area (Å²) in [5.41, 5.74) is 2.36. The molecule has 4 rings (SSSR count). The van der Waals surface area contributed by atoms with Crippen molar-refractivity contribution in [3.05, 3.63) is 17.5 Å². The molecule has 1 amide bonds. The number of carbonyl (C=O) groups excluding carboxylic acids is 1. The zero-order chi connectivity index (χ0) is 17.4. The van der Waals surface area contributed by atoms with Gasteiger partial charge in [-0.05, 0) is 26.7 Å². The van der Waals surface area contributed by atoms with Gasteiger partial charge in [-0.25, -0.2) is 0 Å². The van der Waals surface area contributed by atoms with Crippen molar-refractivity contribution in [2.24, 2.45) is 0 Å². The van der Waals surface area contributed by atoms with Crippen molar-refractivity contribution in [1.29, 1.82) is 0 Å². The number of rotatable bonds is 4. The minimum Gasteiger partial charge on any atom is -0.381 e. The summed E-state index contributed by atoms with van der Waals surface area (Å²) in [6.07, 6.45) is 4.15. The second kappa shape index (κ2) is 7.05. The highest BCUT2D eigenvalue weighted by atomic mass is 16.5. The van der Waals surface area contributed by atoms with Crippen LogP contribution in [0.5, 0.6) is 0 Å². The largest absolute Gasteiger partial charge is 0.381 e. The summed E-state index contributed by atoms with van der Waals surface area (Å²) in [4.78, 5) is 17.1. The third kappa shape index (κ3) is 3.32. The number of amides is 1. The Kier molecular flexibility index (Phi) is 4.80. The van der Waals surface area contributed by atoms with Crippen LogP contribution in [0, 0.1) is 6.92 Å². The summed E-state index contributed by atoms with van der Waals surface area (Å²) in [6, 6.07) is 0.480. The maximum absolute atomic E-state index is 12.5. The van der Waals surface area contributed by atoms with Crippen molar-refractivity contribution in [3.63, 3.8) is 0 Å². The van der Waals surface area contributed by atoms with Crippen LogP contribution in [0.3, 0.4) is 0 Å². The van der Waals surface area contributed by atoms with E-state index in [9.17, 15) is 4.79 Å². The Bertz CT molecular complexity index is 626. The van der Waals surface area contributed by atoms with Crippen molar-refractivity contribution in [3.8, 4) is 0 Å². The second-order valence-electron chi connectivity index (χ2n) is 7.35. The van der Waals surface area contributed by atoms with Crippen LogP contribution in [-0.2, 0) is 27.4 Å². The van der Waals surface area contributed by atoms with Gasteiger partial charge in [-0.2, -0.15) is 5.10 Å². The molecule has 0 bridgehead atoms. The van der Waals surface area contributed by atoms with Gasteiger partial charge in [0.1, 0.15) is 6.61 Å². The van der Waals surface area contributed by atoms with E-state index in [4.69, 9.17) is 9.47 Å². The zero-order valence-corrected chi connectivity index (χ0v) is 15.2. The quantitative estimate of drug-likeness (QED) is 0.806. The van der Waals surface area contributed by atoms with E-state index in [2.05, 4.69) is 34.9 Å². The molecule has 0 spiro atoms. The molecule has 1 aromatic heterocycles. The van der Waals surface area contributed by atoms with Crippen LogP contribution in [0.1, 0.15) is 31.0 Å². The molecule has 138 valence electrons. The SMILES string of the molecule is CCn1cc(CN2C[C@@H]3OCC(=O)N(C4CCOCC4)[C@H]3C2)c(C)n1. The molecule has 2 atom stereocenters. The molecule has 3 saturated heterocycles. The standard InChI is InChI=1S/C18H28N4O3/c1-3-21-9-14(13(2)19-21)8-20-10-16-17(11-20)25-12-18(23)22(16)15-4-6-24-7-5-15/h9,15-17H,3-8,10-12H2,1-2H3/t16-,17-/m0/s1. The molecular formula is C18H28N4O3. The fourth-order valence-corrected chi connectivity index (χ4v) is 4.39. The van der Waals surface area contributed by atoms with Gasteiger partial charge in [-0.3, -0.25) is 14.4 Å². The van der Waals surface area contributed by atoms with E-state index in [0.717, 1.165) is 57.9 Å². The van der Waals surface area contributed by atoms with Crippen LogP contribution in [-0.4, -0.2) is 76.6 Å². The number of morpholine rings is 1. The third-order valence-corrected chi connectivity index (χ3v) is 5.73. The van der Waals surface area contributed by atoms with E-state index in [1.165, 1.54) is 5.56 Å². The van der Waals surface area contributed by atoms with Crippen molar-refractivity contribution in [2.75, 3.05) is 32.9 Å². The lowest BCUT2D eigenvalue weighted by Crippen LogP contribution is -2.58. The Morgan fingerprint density at radius 3 is 2.80 bits per heavy atom. The third-order valence-electron chi connectivity index (χ3n) is 5.73. The smallest absolute Gasteiger partial charge is 0.249 e. The van der Waals surface area contributed by atoms with Crippen LogP contribution < -0.4 is 0 Å². The van der Waals surface area contributed by atoms with Gasteiger partial charge in [0.25, 0.3) is 0 Å². The van der Waals surface area contributed by atoms with E-state index in [1.807, 2.05) is 4.68 Å². The van der Waals surface area contributed by atoms with E-state index >= 15 is 0 Å². The molecule has 0 aromatic carbocycles. The van der Waals surface area contributed by atoms with Crippen LogP contribution in [0.15, 0.2) is 6.20 Å². The molecule has 0 N–H and O–H groups in total. The maximum atomic E-state index is 12.5. The number of nitrogens with zero attached hydrogens (tertiary/aromatic N) is 4. The summed E-state index contributed by atoms with van der Waals surface area (Å²) >= 11 is 0. The highest BCUT2D eigenvalue weighted by Gasteiger charge is 2.45. The lowest BCUT2D eigenvalue weighted by atomic mass is 10.0. The molecule has 0 unspecified atom stereocenters. The predicted octanol–water partition coefficient (Wildman–Crippen LogP) is 0.802. The lowest BCUT2D eigenvalue weighted by Gasteiger charge is -2.43. The van der Waals surface area contributed by atoms with E-state index < -0.39 is 0 Å². The first-order valence-electron chi connectivity index (χ1n) is 9.41. The van der Waals surface area contributed by atoms with Gasteiger partial charge in [0.05, 0.1) is 17.8 Å². The maximum Gasteiger partial charge on any atom is 0.249 e. The first kappa shape index (κ1) is 17.0. The predicted molar refractivity (Wildman–Crippen MR) is 92.1 cm³/mol. The molecule has 7 nitrogen and oxygen atoms in total. The fourth-order valence-electron chi connectivity index (χ4n) is 4.39. The summed E-state index contributed by atoms with van der Waals surface area (Å²) in [7, 11) is 0. The number of aryl methyl sites for hydroxylation is 2. The Morgan fingerprint density at radius 2 is 2.08 bits per heavy atom. The van der Waals surface area contributed by atoms with Crippen molar-refractivity contribution in [2.45, 2.75) is 58.0 Å². The van der Waals surface area contributed by atoms with Crippen molar-refractivity contribution < 1.29 is 14.3 Å². The molecule has 0 aliphatic carbocycles. The molecule has 7 heteroatoms. The first-order valence-corrected chi connectivity index (χ1v) is 9.41. The number of hydrogen-bond acceptors (Lipinski definition) is 5. The molecule has 25 heavy (non-hydrogen) atoms. The summed E-state index contributed by atoms with van der Waals surface area (Å²) < 4.78 is 13.3. The number of aromatic nitrogens is 2. The average Bonchev–Trinajstić information content (AvgIpc) is 3.19. The van der Waals surface area contributed by atoms with E-state index in [1.54, 1.807) is 0 Å². The van der Waals surface area contributed by atoms with Gasteiger partial charge >= 0.3 is 0 Å². The summed E-state index contributed by atoms with van der Waals surface area (Å²) in [6.45, 7) is 9.43. The summed E-state index contributed by atoms with van der Waals surface area (Å²) in [5, 5.41) is 4.54. The normalized spacial score (nSPS) is 28.6. The Labute approximate surface area is 148 Å². The minimum atomic E-state index is 0.127. The molecule has 4 heterocycles. The number of fused-ring (bicyclic) bond motifs is 1. The summed E-state index contributed by atoms with van der Waals surface area (Å²) in [5.74, 6) is 0.144. The van der Waals surface area contributed by atoms with Crippen LogP contribution in [0.2, 0.25) is 0 Å². The molecule has 0 saturated carbocycles. The second-order valence-corrected chi connectivity index (χ2v) is 7.35. The van der Waals surface area contributed by atoms with Crippen LogP contribution in [0.25, 0.3) is 0 Å². The van der Waals surface area contributed by atoms with Crippen LogP contribution in [0.4, 0.5) is 0 Å².